The molecule has 4 heteroatoms. The average Bonchev–Trinajstić information content (AvgIpc) is 2.57. The minimum Gasteiger partial charge on any atom is -0.375 e. The molecule has 0 saturated heterocycles. The predicted molar refractivity (Wildman–Crippen MR) is 66.5 cm³/mol. The van der Waals surface area contributed by atoms with E-state index in [1.807, 2.05) is 26.8 Å². The van der Waals surface area contributed by atoms with Crippen LogP contribution >= 0.6 is 0 Å². The highest BCUT2D eigenvalue weighted by Crippen LogP contribution is 2.16. The van der Waals surface area contributed by atoms with E-state index < -0.39 is 0 Å². The van der Waals surface area contributed by atoms with Crippen LogP contribution in [0.15, 0.2) is 18.2 Å². The lowest BCUT2D eigenvalue weighted by molar-refractivity contribution is 0.628. The molecule has 0 atom stereocenters. The van der Waals surface area contributed by atoms with Gasteiger partial charge >= 0.3 is 0 Å². The third kappa shape index (κ3) is 2.64. The van der Waals surface area contributed by atoms with Crippen molar-refractivity contribution in [1.82, 2.24) is 9.97 Å². The highest BCUT2D eigenvalue weighted by Gasteiger charge is 2.04. The zero-order valence-electron chi connectivity index (χ0n) is 10.3. The highest BCUT2D eigenvalue weighted by atomic mass is 19.1. The molecule has 2 rings (SSSR count). The number of aryl methyl sites for hydroxylation is 3. The molecule has 17 heavy (non-hydrogen) atoms. The van der Waals surface area contributed by atoms with Crippen LogP contribution in [0.2, 0.25) is 0 Å². The van der Waals surface area contributed by atoms with Crippen molar-refractivity contribution in [3.63, 3.8) is 0 Å². The van der Waals surface area contributed by atoms with Crippen molar-refractivity contribution in [2.24, 2.45) is 0 Å². The van der Waals surface area contributed by atoms with Crippen molar-refractivity contribution >= 4 is 5.69 Å². The Bertz CT molecular complexity index is 512. The SMILES string of the molecule is Cc1ccc(NCc2nc(C)c(C)[nH]2)c(F)c1. The molecule has 0 amide bonds. The van der Waals surface area contributed by atoms with E-state index in [-0.39, 0.29) is 5.82 Å². The molecule has 0 fully saturated rings. The number of benzene rings is 1. The van der Waals surface area contributed by atoms with E-state index in [0.717, 1.165) is 22.8 Å². The van der Waals surface area contributed by atoms with Crippen molar-refractivity contribution in [3.05, 3.63) is 46.8 Å². The zero-order chi connectivity index (χ0) is 12.4. The van der Waals surface area contributed by atoms with Gasteiger partial charge in [-0.25, -0.2) is 9.37 Å². The number of nitrogens with one attached hydrogen (secondary N) is 2. The van der Waals surface area contributed by atoms with Gasteiger partial charge in [-0.15, -0.1) is 0 Å². The maximum absolute atomic E-state index is 13.5. The van der Waals surface area contributed by atoms with Crippen molar-refractivity contribution in [2.45, 2.75) is 27.3 Å². The number of hydrogen-bond acceptors (Lipinski definition) is 2. The first-order valence-electron chi connectivity index (χ1n) is 5.58. The number of aromatic amines is 1. The molecule has 0 spiro atoms. The third-order valence-corrected chi connectivity index (χ3v) is 2.75. The van der Waals surface area contributed by atoms with Crippen LogP contribution < -0.4 is 5.32 Å². The first kappa shape index (κ1) is 11.6. The molecule has 1 aromatic heterocycles. The molecule has 0 aliphatic rings. The van der Waals surface area contributed by atoms with Gasteiger partial charge in [-0.2, -0.15) is 0 Å². The van der Waals surface area contributed by atoms with E-state index in [1.54, 1.807) is 6.07 Å². The molecular weight excluding hydrogens is 217 g/mol. The molecule has 1 heterocycles. The van der Waals surface area contributed by atoms with Crippen LogP contribution in [-0.4, -0.2) is 9.97 Å². The second-order valence-corrected chi connectivity index (χ2v) is 4.23. The van der Waals surface area contributed by atoms with Gasteiger partial charge in [-0.05, 0) is 38.5 Å². The van der Waals surface area contributed by atoms with Gasteiger partial charge in [-0.1, -0.05) is 6.07 Å². The standard InChI is InChI=1S/C13H16FN3/c1-8-4-5-12(11(14)6-8)15-7-13-16-9(2)10(3)17-13/h4-6,15H,7H2,1-3H3,(H,16,17). The summed E-state index contributed by atoms with van der Waals surface area (Å²) in [7, 11) is 0. The summed E-state index contributed by atoms with van der Waals surface area (Å²) in [6.45, 7) is 6.28. The average molecular weight is 233 g/mol. The molecule has 0 saturated carbocycles. The van der Waals surface area contributed by atoms with Gasteiger partial charge in [0.25, 0.3) is 0 Å². The third-order valence-electron chi connectivity index (χ3n) is 2.75. The van der Waals surface area contributed by atoms with E-state index in [0.29, 0.717) is 12.2 Å². The topological polar surface area (TPSA) is 40.7 Å². The minimum absolute atomic E-state index is 0.231. The summed E-state index contributed by atoms with van der Waals surface area (Å²) >= 11 is 0. The smallest absolute Gasteiger partial charge is 0.146 e. The summed E-state index contributed by atoms with van der Waals surface area (Å²) in [5.41, 5.74) is 3.44. The van der Waals surface area contributed by atoms with Crippen LogP contribution in [0.5, 0.6) is 0 Å². The second-order valence-electron chi connectivity index (χ2n) is 4.23. The van der Waals surface area contributed by atoms with Crippen molar-refractivity contribution in [2.75, 3.05) is 5.32 Å². The largest absolute Gasteiger partial charge is 0.375 e. The van der Waals surface area contributed by atoms with Crippen LogP contribution in [0.4, 0.5) is 10.1 Å². The molecule has 0 aliphatic heterocycles. The van der Waals surface area contributed by atoms with Crippen molar-refractivity contribution < 1.29 is 4.39 Å². The summed E-state index contributed by atoms with van der Waals surface area (Å²) in [5, 5.41) is 3.03. The van der Waals surface area contributed by atoms with Gasteiger partial charge in [-0.3, -0.25) is 0 Å². The van der Waals surface area contributed by atoms with Crippen LogP contribution in [0.1, 0.15) is 22.8 Å². The lowest BCUT2D eigenvalue weighted by Gasteiger charge is -2.06. The molecule has 0 radical (unpaired) electrons. The van der Waals surface area contributed by atoms with Crippen LogP contribution in [0.3, 0.4) is 0 Å². The van der Waals surface area contributed by atoms with E-state index in [2.05, 4.69) is 15.3 Å². The van der Waals surface area contributed by atoms with Gasteiger partial charge in [0, 0.05) is 5.69 Å². The maximum Gasteiger partial charge on any atom is 0.146 e. The lowest BCUT2D eigenvalue weighted by Crippen LogP contribution is -2.03. The lowest BCUT2D eigenvalue weighted by atomic mass is 10.2. The molecule has 0 unspecified atom stereocenters. The number of nitrogens with zero attached hydrogens (tertiary/aromatic N) is 1. The van der Waals surface area contributed by atoms with Crippen LogP contribution in [0, 0.1) is 26.6 Å². The number of aromatic nitrogens is 2. The molecule has 1 aromatic carbocycles. The summed E-state index contributed by atoms with van der Waals surface area (Å²) in [5.74, 6) is 0.588. The Morgan fingerprint density at radius 3 is 2.65 bits per heavy atom. The molecule has 2 N–H and O–H groups in total. The van der Waals surface area contributed by atoms with E-state index in [1.165, 1.54) is 6.07 Å². The Kier molecular flexibility index (Phi) is 3.13. The zero-order valence-corrected chi connectivity index (χ0v) is 10.3. The van der Waals surface area contributed by atoms with Crippen LogP contribution in [-0.2, 0) is 6.54 Å². The summed E-state index contributed by atoms with van der Waals surface area (Å²) in [6.07, 6.45) is 0. The Hall–Kier alpha value is -1.84. The Balaban J connectivity index is 2.07. The second kappa shape index (κ2) is 4.57. The Morgan fingerprint density at radius 1 is 1.29 bits per heavy atom. The van der Waals surface area contributed by atoms with Crippen molar-refractivity contribution in [1.29, 1.82) is 0 Å². The fraction of sp³-hybridized carbons (Fsp3) is 0.308. The summed E-state index contributed by atoms with van der Waals surface area (Å²) < 4.78 is 13.5. The molecule has 0 bridgehead atoms. The number of imidazole rings is 1. The van der Waals surface area contributed by atoms with Crippen molar-refractivity contribution in [3.8, 4) is 0 Å². The number of rotatable bonds is 3. The fourth-order valence-corrected chi connectivity index (χ4v) is 1.65. The number of anilines is 1. The first-order valence-corrected chi connectivity index (χ1v) is 5.58. The van der Waals surface area contributed by atoms with Gasteiger partial charge in [0.2, 0.25) is 0 Å². The Morgan fingerprint density at radius 2 is 2.06 bits per heavy atom. The fourth-order valence-electron chi connectivity index (χ4n) is 1.65. The van der Waals surface area contributed by atoms with Gasteiger partial charge in [0.15, 0.2) is 0 Å². The van der Waals surface area contributed by atoms with Gasteiger partial charge in [0.05, 0.1) is 17.9 Å². The van der Waals surface area contributed by atoms with E-state index >= 15 is 0 Å². The summed E-state index contributed by atoms with van der Waals surface area (Å²) in [4.78, 5) is 7.48. The first-order chi connectivity index (χ1) is 8.06. The van der Waals surface area contributed by atoms with Crippen LogP contribution in [0.25, 0.3) is 0 Å². The number of H-pyrrole nitrogens is 1. The quantitative estimate of drug-likeness (QED) is 0.855. The van der Waals surface area contributed by atoms with Gasteiger partial charge < -0.3 is 10.3 Å². The predicted octanol–water partition coefficient (Wildman–Crippen LogP) is 3.09. The molecule has 90 valence electrons. The highest BCUT2D eigenvalue weighted by molar-refractivity contribution is 5.46. The Labute approximate surface area is 100 Å². The monoisotopic (exact) mass is 233 g/mol. The minimum atomic E-state index is -0.231. The molecular formula is C13H16FN3. The summed E-state index contributed by atoms with van der Waals surface area (Å²) in [6, 6.07) is 5.14. The normalized spacial score (nSPS) is 10.6. The number of halogens is 1. The number of hydrogen-bond donors (Lipinski definition) is 2. The molecule has 0 aliphatic carbocycles. The van der Waals surface area contributed by atoms with Gasteiger partial charge in [0.1, 0.15) is 11.6 Å². The molecule has 3 nitrogen and oxygen atoms in total. The molecule has 2 aromatic rings. The maximum atomic E-state index is 13.5. The van der Waals surface area contributed by atoms with E-state index in [9.17, 15) is 4.39 Å². The van der Waals surface area contributed by atoms with E-state index in [4.69, 9.17) is 0 Å².